The number of esters is 1. The van der Waals surface area contributed by atoms with Crippen molar-refractivity contribution in [3.05, 3.63) is 35.4 Å². The summed E-state index contributed by atoms with van der Waals surface area (Å²) in [7, 11) is 0. The quantitative estimate of drug-likeness (QED) is 0.803. The summed E-state index contributed by atoms with van der Waals surface area (Å²) >= 11 is 0. The normalized spacial score (nSPS) is 12.2. The number of fused-ring (bicyclic) bond motifs is 1. The van der Waals surface area contributed by atoms with E-state index in [1.165, 1.54) is 0 Å². The Morgan fingerprint density at radius 2 is 2.09 bits per heavy atom. The van der Waals surface area contributed by atoms with Gasteiger partial charge in [0.2, 0.25) is 0 Å². The van der Waals surface area contributed by atoms with Crippen molar-refractivity contribution in [3.8, 4) is 0 Å². The van der Waals surface area contributed by atoms with Crippen molar-refractivity contribution in [1.29, 1.82) is 0 Å². The van der Waals surface area contributed by atoms with Crippen molar-refractivity contribution in [3.63, 3.8) is 0 Å². The number of benzene rings is 1. The van der Waals surface area contributed by atoms with Crippen LogP contribution < -0.4 is 5.32 Å². The molecule has 0 unspecified atom stereocenters. The SMILES string of the molecule is CCOC(=O)c1c(N[C@H](CC)CO)nc2ccccc2c1C. The molecule has 2 N–H and O–H groups in total. The highest BCUT2D eigenvalue weighted by molar-refractivity contribution is 6.02. The zero-order valence-electron chi connectivity index (χ0n) is 13.2. The molecular formula is C17H22N2O3. The highest BCUT2D eigenvalue weighted by atomic mass is 16.5. The molecule has 0 fully saturated rings. The Bertz CT molecular complexity index is 666. The first-order valence-electron chi connectivity index (χ1n) is 7.56. The van der Waals surface area contributed by atoms with Crippen molar-refractivity contribution in [2.75, 3.05) is 18.5 Å². The summed E-state index contributed by atoms with van der Waals surface area (Å²) < 4.78 is 5.17. The fraction of sp³-hybridized carbons (Fsp3) is 0.412. The number of aliphatic hydroxyl groups is 1. The van der Waals surface area contributed by atoms with E-state index in [2.05, 4.69) is 10.3 Å². The Morgan fingerprint density at radius 3 is 2.73 bits per heavy atom. The highest BCUT2D eigenvalue weighted by Gasteiger charge is 2.21. The van der Waals surface area contributed by atoms with Crippen LogP contribution in [-0.4, -0.2) is 35.3 Å². The molecule has 0 aliphatic heterocycles. The second kappa shape index (κ2) is 7.22. The van der Waals surface area contributed by atoms with Gasteiger partial charge in [-0.15, -0.1) is 0 Å². The second-order valence-electron chi connectivity index (χ2n) is 5.13. The van der Waals surface area contributed by atoms with E-state index in [1.54, 1.807) is 6.92 Å². The summed E-state index contributed by atoms with van der Waals surface area (Å²) in [6.45, 7) is 5.92. The van der Waals surface area contributed by atoms with Gasteiger partial charge in [-0.2, -0.15) is 0 Å². The average molecular weight is 302 g/mol. The van der Waals surface area contributed by atoms with Gasteiger partial charge < -0.3 is 15.2 Å². The number of carbonyl (C=O) groups is 1. The summed E-state index contributed by atoms with van der Waals surface area (Å²) in [6, 6.07) is 7.52. The number of anilines is 1. The molecule has 0 saturated carbocycles. The Morgan fingerprint density at radius 1 is 1.36 bits per heavy atom. The van der Waals surface area contributed by atoms with E-state index in [1.807, 2.05) is 38.1 Å². The minimum atomic E-state index is -0.395. The number of aromatic nitrogens is 1. The maximum absolute atomic E-state index is 12.3. The lowest BCUT2D eigenvalue weighted by Gasteiger charge is -2.19. The van der Waals surface area contributed by atoms with Gasteiger partial charge in [-0.1, -0.05) is 25.1 Å². The largest absolute Gasteiger partial charge is 0.462 e. The van der Waals surface area contributed by atoms with Gasteiger partial charge in [0.15, 0.2) is 0 Å². The first-order valence-corrected chi connectivity index (χ1v) is 7.56. The molecule has 1 atom stereocenters. The molecular weight excluding hydrogens is 280 g/mol. The summed E-state index contributed by atoms with van der Waals surface area (Å²) in [4.78, 5) is 16.9. The molecule has 1 heterocycles. The number of hydrogen-bond acceptors (Lipinski definition) is 5. The third kappa shape index (κ3) is 3.20. The van der Waals surface area contributed by atoms with Crippen LogP contribution in [-0.2, 0) is 4.74 Å². The Hall–Kier alpha value is -2.14. The topological polar surface area (TPSA) is 71.5 Å². The van der Waals surface area contributed by atoms with E-state index in [0.29, 0.717) is 18.0 Å². The molecule has 2 rings (SSSR count). The van der Waals surface area contributed by atoms with Crippen molar-refractivity contribution in [1.82, 2.24) is 4.98 Å². The standard InChI is InChI=1S/C17H22N2O3/c1-4-12(10-20)18-16-15(17(21)22-5-2)11(3)13-8-6-7-9-14(13)19-16/h6-9,12,20H,4-5,10H2,1-3H3,(H,18,19)/t12-/m1/s1. The molecule has 0 radical (unpaired) electrons. The van der Waals surface area contributed by atoms with E-state index in [4.69, 9.17) is 4.74 Å². The van der Waals surface area contributed by atoms with Gasteiger partial charge in [0.05, 0.1) is 24.8 Å². The molecule has 22 heavy (non-hydrogen) atoms. The van der Waals surface area contributed by atoms with Gasteiger partial charge in [-0.3, -0.25) is 0 Å². The van der Waals surface area contributed by atoms with Crippen LogP contribution in [0.1, 0.15) is 36.2 Å². The van der Waals surface area contributed by atoms with Crippen LogP contribution in [0.5, 0.6) is 0 Å². The third-order valence-electron chi connectivity index (χ3n) is 3.69. The molecule has 0 spiro atoms. The maximum atomic E-state index is 12.3. The monoisotopic (exact) mass is 302 g/mol. The van der Waals surface area contributed by atoms with Crippen LogP contribution in [0.4, 0.5) is 5.82 Å². The van der Waals surface area contributed by atoms with Crippen molar-refractivity contribution >= 4 is 22.7 Å². The number of rotatable bonds is 6. The van der Waals surface area contributed by atoms with Crippen LogP contribution >= 0.6 is 0 Å². The lowest BCUT2D eigenvalue weighted by atomic mass is 10.0. The lowest BCUT2D eigenvalue weighted by molar-refractivity contribution is 0.0526. The van der Waals surface area contributed by atoms with Crippen LogP contribution in [0.2, 0.25) is 0 Å². The van der Waals surface area contributed by atoms with E-state index in [-0.39, 0.29) is 12.6 Å². The first-order chi connectivity index (χ1) is 10.6. The van der Waals surface area contributed by atoms with Gasteiger partial charge >= 0.3 is 5.97 Å². The van der Waals surface area contributed by atoms with Gasteiger partial charge in [0.25, 0.3) is 0 Å². The maximum Gasteiger partial charge on any atom is 0.342 e. The van der Waals surface area contributed by atoms with Gasteiger partial charge in [-0.25, -0.2) is 9.78 Å². The fourth-order valence-corrected chi connectivity index (χ4v) is 2.40. The average Bonchev–Trinajstić information content (AvgIpc) is 2.53. The van der Waals surface area contributed by atoms with Crippen molar-refractivity contribution in [2.45, 2.75) is 33.2 Å². The number of carbonyl (C=O) groups excluding carboxylic acids is 1. The number of aliphatic hydroxyl groups excluding tert-OH is 1. The van der Waals surface area contributed by atoms with E-state index < -0.39 is 5.97 Å². The number of para-hydroxylation sites is 1. The number of nitrogens with one attached hydrogen (secondary N) is 1. The van der Waals surface area contributed by atoms with Gasteiger partial charge in [0, 0.05) is 5.39 Å². The first kappa shape index (κ1) is 16.2. The van der Waals surface area contributed by atoms with E-state index in [0.717, 1.165) is 22.9 Å². The van der Waals surface area contributed by atoms with Gasteiger partial charge in [0.1, 0.15) is 11.4 Å². The zero-order valence-corrected chi connectivity index (χ0v) is 13.2. The molecule has 1 aromatic carbocycles. The molecule has 0 aliphatic carbocycles. The van der Waals surface area contributed by atoms with Crippen LogP contribution in [0.15, 0.2) is 24.3 Å². The third-order valence-corrected chi connectivity index (χ3v) is 3.69. The molecule has 118 valence electrons. The smallest absolute Gasteiger partial charge is 0.342 e. The minimum Gasteiger partial charge on any atom is -0.462 e. The minimum absolute atomic E-state index is 0.0215. The molecule has 0 amide bonds. The van der Waals surface area contributed by atoms with E-state index >= 15 is 0 Å². The number of pyridine rings is 1. The van der Waals surface area contributed by atoms with Gasteiger partial charge in [-0.05, 0) is 31.9 Å². The number of ether oxygens (including phenoxy) is 1. The van der Waals surface area contributed by atoms with Crippen LogP contribution in [0.25, 0.3) is 10.9 Å². The van der Waals surface area contributed by atoms with Crippen molar-refractivity contribution in [2.24, 2.45) is 0 Å². The lowest BCUT2D eigenvalue weighted by Crippen LogP contribution is -2.25. The predicted octanol–water partition coefficient (Wildman–Crippen LogP) is 2.90. The molecule has 0 aliphatic rings. The van der Waals surface area contributed by atoms with Crippen molar-refractivity contribution < 1.29 is 14.6 Å². The Labute approximate surface area is 130 Å². The summed E-state index contributed by atoms with van der Waals surface area (Å²) in [5.41, 5.74) is 2.08. The molecule has 5 heteroatoms. The predicted molar refractivity (Wildman–Crippen MR) is 87.2 cm³/mol. The zero-order chi connectivity index (χ0) is 16.1. The number of hydrogen-bond donors (Lipinski definition) is 2. The molecule has 5 nitrogen and oxygen atoms in total. The summed E-state index contributed by atoms with van der Waals surface area (Å²) in [5.74, 6) is 0.0732. The second-order valence-corrected chi connectivity index (χ2v) is 5.13. The molecule has 1 aromatic heterocycles. The fourth-order valence-electron chi connectivity index (χ4n) is 2.40. The Kier molecular flexibility index (Phi) is 5.33. The van der Waals surface area contributed by atoms with E-state index in [9.17, 15) is 9.90 Å². The van der Waals surface area contributed by atoms with Crippen LogP contribution in [0, 0.1) is 6.92 Å². The number of aryl methyl sites for hydroxylation is 1. The van der Waals surface area contributed by atoms with Crippen LogP contribution in [0.3, 0.4) is 0 Å². The molecule has 0 saturated heterocycles. The summed E-state index contributed by atoms with van der Waals surface area (Å²) in [6.07, 6.45) is 0.728. The molecule has 0 bridgehead atoms. The summed E-state index contributed by atoms with van der Waals surface area (Å²) in [5, 5.41) is 13.5. The Balaban J connectivity index is 2.59. The molecule has 2 aromatic rings. The number of nitrogens with zero attached hydrogens (tertiary/aromatic N) is 1. The highest BCUT2D eigenvalue weighted by Crippen LogP contribution is 2.27.